The molecule has 0 aliphatic rings. The van der Waals surface area contributed by atoms with Crippen molar-refractivity contribution >= 4 is 12.2 Å². The Balaban J connectivity index is 2.62. The van der Waals surface area contributed by atoms with Crippen LogP contribution in [0.25, 0.3) is 11.3 Å². The number of benzene rings is 1. The third-order valence-corrected chi connectivity index (χ3v) is 2.53. The van der Waals surface area contributed by atoms with E-state index in [0.717, 1.165) is 17.0 Å². The van der Waals surface area contributed by atoms with Gasteiger partial charge in [0.05, 0.1) is 12.8 Å². The predicted molar refractivity (Wildman–Crippen MR) is 66.1 cm³/mol. The molecule has 0 unspecified atom stereocenters. The van der Waals surface area contributed by atoms with E-state index < -0.39 is 0 Å². The highest BCUT2D eigenvalue weighted by Crippen LogP contribution is 2.28. The second-order valence-electron chi connectivity index (χ2n) is 3.49. The molecular formula is C12H12N2OS. The van der Waals surface area contributed by atoms with Crippen LogP contribution in [-0.2, 0) is 0 Å². The van der Waals surface area contributed by atoms with Crippen LogP contribution >= 0.6 is 12.2 Å². The van der Waals surface area contributed by atoms with E-state index in [1.54, 1.807) is 13.3 Å². The summed E-state index contributed by atoms with van der Waals surface area (Å²) in [7, 11) is 1.66. The zero-order valence-electron chi connectivity index (χ0n) is 9.15. The second-order valence-corrected chi connectivity index (χ2v) is 3.88. The molecule has 4 heteroatoms. The van der Waals surface area contributed by atoms with Gasteiger partial charge >= 0.3 is 0 Å². The number of hydrogen-bond donors (Lipinski definition) is 1. The Morgan fingerprint density at radius 1 is 1.31 bits per heavy atom. The lowest BCUT2D eigenvalue weighted by molar-refractivity contribution is 0.416. The molecule has 0 aliphatic carbocycles. The normalized spacial score (nSPS) is 10.1. The third kappa shape index (κ3) is 2.12. The van der Waals surface area contributed by atoms with Crippen molar-refractivity contribution in [1.29, 1.82) is 0 Å². The van der Waals surface area contributed by atoms with Gasteiger partial charge in [-0.3, -0.25) is 0 Å². The first kappa shape index (κ1) is 10.8. The maximum Gasteiger partial charge on any atom is 0.197 e. The third-order valence-electron chi connectivity index (χ3n) is 2.32. The van der Waals surface area contributed by atoms with E-state index in [1.165, 1.54) is 5.56 Å². The van der Waals surface area contributed by atoms with Crippen molar-refractivity contribution < 1.29 is 4.74 Å². The molecule has 0 fully saturated rings. The lowest BCUT2D eigenvalue weighted by Gasteiger charge is -2.09. The second kappa shape index (κ2) is 4.45. The maximum atomic E-state index is 5.32. The lowest BCUT2D eigenvalue weighted by atomic mass is 10.1. The summed E-state index contributed by atoms with van der Waals surface area (Å²) >= 11 is 5.00. The Labute approximate surface area is 99.1 Å². The van der Waals surface area contributed by atoms with Gasteiger partial charge in [0, 0.05) is 11.8 Å². The first-order valence-corrected chi connectivity index (χ1v) is 5.32. The van der Waals surface area contributed by atoms with Gasteiger partial charge in [-0.1, -0.05) is 11.6 Å². The fraction of sp³-hybridized carbons (Fsp3) is 0.167. The quantitative estimate of drug-likeness (QED) is 0.808. The molecule has 1 aromatic carbocycles. The smallest absolute Gasteiger partial charge is 0.197 e. The molecule has 0 bridgehead atoms. The minimum Gasteiger partial charge on any atom is -0.496 e. The molecule has 82 valence electrons. The summed E-state index contributed by atoms with van der Waals surface area (Å²) in [5.41, 5.74) is 3.09. The van der Waals surface area contributed by atoms with Gasteiger partial charge in [-0.05, 0) is 37.3 Å². The average molecular weight is 232 g/mol. The van der Waals surface area contributed by atoms with Gasteiger partial charge in [0.1, 0.15) is 5.75 Å². The summed E-state index contributed by atoms with van der Waals surface area (Å²) in [6, 6.07) is 7.90. The number of nitrogens with one attached hydrogen (secondary N) is 1. The van der Waals surface area contributed by atoms with Crippen LogP contribution in [0.5, 0.6) is 5.75 Å². The highest BCUT2D eigenvalue weighted by molar-refractivity contribution is 7.71. The standard InChI is InChI=1S/C12H12N2OS/c1-8-3-4-11(15-2)9(7-8)10-5-6-13-12(16)14-10/h3-7H,1-2H3,(H,13,14,16). The zero-order chi connectivity index (χ0) is 11.5. The number of aryl methyl sites for hydroxylation is 1. The van der Waals surface area contributed by atoms with Crippen LogP contribution in [0.3, 0.4) is 0 Å². The Morgan fingerprint density at radius 2 is 2.12 bits per heavy atom. The van der Waals surface area contributed by atoms with Crippen LogP contribution < -0.4 is 4.74 Å². The first-order valence-electron chi connectivity index (χ1n) is 4.91. The Bertz CT molecular complexity index is 563. The molecule has 0 saturated heterocycles. The number of aromatic amines is 1. The molecule has 0 amide bonds. The van der Waals surface area contributed by atoms with Gasteiger partial charge in [0.15, 0.2) is 4.77 Å². The van der Waals surface area contributed by atoms with E-state index >= 15 is 0 Å². The highest BCUT2D eigenvalue weighted by Gasteiger charge is 2.05. The molecular weight excluding hydrogens is 220 g/mol. The van der Waals surface area contributed by atoms with Crippen LogP contribution in [0.15, 0.2) is 30.5 Å². The van der Waals surface area contributed by atoms with Crippen LogP contribution in [0.1, 0.15) is 5.56 Å². The molecule has 0 radical (unpaired) electrons. The minimum absolute atomic E-state index is 0.473. The molecule has 0 atom stereocenters. The monoisotopic (exact) mass is 232 g/mol. The van der Waals surface area contributed by atoms with Crippen LogP contribution in [0.2, 0.25) is 0 Å². The van der Waals surface area contributed by atoms with Gasteiger partial charge < -0.3 is 9.72 Å². The lowest BCUT2D eigenvalue weighted by Crippen LogP contribution is -1.92. The van der Waals surface area contributed by atoms with Crippen molar-refractivity contribution in [2.45, 2.75) is 6.92 Å². The summed E-state index contributed by atoms with van der Waals surface area (Å²) in [6.45, 7) is 2.04. The van der Waals surface area contributed by atoms with E-state index in [9.17, 15) is 0 Å². The molecule has 16 heavy (non-hydrogen) atoms. The van der Waals surface area contributed by atoms with E-state index in [0.29, 0.717) is 4.77 Å². The van der Waals surface area contributed by atoms with E-state index in [2.05, 4.69) is 16.0 Å². The summed E-state index contributed by atoms with van der Waals surface area (Å²) in [4.78, 5) is 7.01. The molecule has 0 saturated carbocycles. The van der Waals surface area contributed by atoms with Gasteiger partial charge in [-0.2, -0.15) is 0 Å². The number of nitrogens with zero attached hydrogens (tertiary/aromatic N) is 1. The molecule has 3 nitrogen and oxygen atoms in total. The molecule has 1 N–H and O–H groups in total. The maximum absolute atomic E-state index is 5.32. The van der Waals surface area contributed by atoms with E-state index in [-0.39, 0.29) is 0 Å². The minimum atomic E-state index is 0.473. The Hall–Kier alpha value is -1.68. The van der Waals surface area contributed by atoms with Crippen molar-refractivity contribution in [1.82, 2.24) is 9.97 Å². The number of H-pyrrole nitrogens is 1. The van der Waals surface area contributed by atoms with Gasteiger partial charge in [0.2, 0.25) is 0 Å². The van der Waals surface area contributed by atoms with E-state index in [1.807, 2.05) is 25.1 Å². The molecule has 1 heterocycles. The fourth-order valence-electron chi connectivity index (χ4n) is 1.56. The molecule has 0 spiro atoms. The molecule has 0 aliphatic heterocycles. The van der Waals surface area contributed by atoms with Crippen LogP contribution in [-0.4, -0.2) is 17.1 Å². The van der Waals surface area contributed by atoms with Crippen molar-refractivity contribution in [2.75, 3.05) is 7.11 Å². The predicted octanol–water partition coefficient (Wildman–Crippen LogP) is 3.12. The summed E-state index contributed by atoms with van der Waals surface area (Å²) < 4.78 is 5.79. The van der Waals surface area contributed by atoms with Crippen LogP contribution in [0, 0.1) is 11.7 Å². The van der Waals surface area contributed by atoms with Crippen molar-refractivity contribution in [3.8, 4) is 17.0 Å². The molecule has 1 aromatic heterocycles. The number of hydrogen-bond acceptors (Lipinski definition) is 3. The summed E-state index contributed by atoms with van der Waals surface area (Å²) in [5, 5.41) is 0. The largest absolute Gasteiger partial charge is 0.496 e. The van der Waals surface area contributed by atoms with Gasteiger partial charge in [0.25, 0.3) is 0 Å². The van der Waals surface area contributed by atoms with Crippen LogP contribution in [0.4, 0.5) is 0 Å². The number of methoxy groups -OCH3 is 1. The summed E-state index contributed by atoms with van der Waals surface area (Å²) in [6.07, 6.45) is 1.69. The molecule has 2 rings (SSSR count). The summed E-state index contributed by atoms with van der Waals surface area (Å²) in [5.74, 6) is 0.822. The first-order chi connectivity index (χ1) is 7.70. The highest BCUT2D eigenvalue weighted by atomic mass is 32.1. The van der Waals surface area contributed by atoms with Crippen molar-refractivity contribution in [2.24, 2.45) is 0 Å². The van der Waals surface area contributed by atoms with Gasteiger partial charge in [-0.25, -0.2) is 4.98 Å². The van der Waals surface area contributed by atoms with Crippen molar-refractivity contribution in [3.05, 3.63) is 40.8 Å². The number of ether oxygens (including phenoxy) is 1. The fourth-order valence-corrected chi connectivity index (χ4v) is 1.73. The number of aromatic nitrogens is 2. The van der Waals surface area contributed by atoms with E-state index in [4.69, 9.17) is 17.0 Å². The number of rotatable bonds is 2. The zero-order valence-corrected chi connectivity index (χ0v) is 9.97. The van der Waals surface area contributed by atoms with Gasteiger partial charge in [-0.15, -0.1) is 0 Å². The Morgan fingerprint density at radius 3 is 2.81 bits per heavy atom. The average Bonchev–Trinajstić information content (AvgIpc) is 2.29. The van der Waals surface area contributed by atoms with Crippen molar-refractivity contribution in [3.63, 3.8) is 0 Å². The Kier molecular flexibility index (Phi) is 3.01. The molecule has 2 aromatic rings. The SMILES string of the molecule is COc1ccc(C)cc1-c1ccnc(=S)[nH]1. The topological polar surface area (TPSA) is 37.9 Å².